The number of carbonyl (C=O) groups is 1. The Bertz CT molecular complexity index is 434. The Hall–Kier alpha value is -1.62. The van der Waals surface area contributed by atoms with Crippen LogP contribution in [-0.2, 0) is 4.79 Å². The number of hydrogen-bond acceptors (Lipinski definition) is 3. The molecule has 5 heteroatoms. The van der Waals surface area contributed by atoms with Crippen molar-refractivity contribution in [2.75, 3.05) is 18.1 Å². The minimum atomic E-state index is -0.489. The van der Waals surface area contributed by atoms with E-state index in [9.17, 15) is 9.18 Å². The molecule has 18 heavy (non-hydrogen) atoms. The number of benzene rings is 1. The maximum atomic E-state index is 13.5. The number of nitrogens with zero attached hydrogens (tertiary/aromatic N) is 1. The number of carbonyl (C=O) groups excluding carboxylic acids is 1. The summed E-state index contributed by atoms with van der Waals surface area (Å²) in [6.07, 6.45) is 0. The number of likely N-dealkylation sites (N-methyl/N-ethyl adjacent to an activating group) is 1. The van der Waals surface area contributed by atoms with Crippen LogP contribution in [0.25, 0.3) is 0 Å². The number of halogens is 1. The molecule has 100 valence electrons. The molecule has 1 atom stereocenters. The van der Waals surface area contributed by atoms with Crippen LogP contribution < -0.4 is 11.1 Å². The highest BCUT2D eigenvalue weighted by molar-refractivity contribution is 5.95. The number of nitrogen functional groups attached to an aromatic ring is 1. The average molecular weight is 253 g/mol. The lowest BCUT2D eigenvalue weighted by molar-refractivity contribution is -0.120. The normalized spacial score (nSPS) is 12.8. The summed E-state index contributed by atoms with van der Waals surface area (Å²) in [6.45, 7) is 5.76. The molecular weight excluding hydrogens is 233 g/mol. The minimum Gasteiger partial charge on any atom is -0.399 e. The molecule has 0 radical (unpaired) electrons. The van der Waals surface area contributed by atoms with Crippen molar-refractivity contribution >= 4 is 17.3 Å². The van der Waals surface area contributed by atoms with Gasteiger partial charge in [0.1, 0.15) is 5.82 Å². The van der Waals surface area contributed by atoms with Gasteiger partial charge >= 0.3 is 0 Å². The van der Waals surface area contributed by atoms with E-state index in [-0.39, 0.29) is 23.7 Å². The molecule has 1 aromatic rings. The summed E-state index contributed by atoms with van der Waals surface area (Å²) < 4.78 is 13.5. The second-order valence-corrected chi connectivity index (χ2v) is 4.66. The van der Waals surface area contributed by atoms with Crippen LogP contribution in [0.5, 0.6) is 0 Å². The van der Waals surface area contributed by atoms with Crippen molar-refractivity contribution in [3.8, 4) is 0 Å². The van der Waals surface area contributed by atoms with Crippen molar-refractivity contribution in [1.29, 1.82) is 0 Å². The van der Waals surface area contributed by atoms with Crippen molar-refractivity contribution in [3.05, 3.63) is 24.0 Å². The Morgan fingerprint density at radius 3 is 2.56 bits per heavy atom. The monoisotopic (exact) mass is 253 g/mol. The number of nitrogens with one attached hydrogen (secondary N) is 1. The molecule has 1 unspecified atom stereocenters. The second-order valence-electron chi connectivity index (χ2n) is 4.66. The Kier molecular flexibility index (Phi) is 4.67. The summed E-state index contributed by atoms with van der Waals surface area (Å²) in [5, 5.41) is 2.55. The summed E-state index contributed by atoms with van der Waals surface area (Å²) in [7, 11) is 1.85. The first-order valence-electron chi connectivity index (χ1n) is 5.90. The van der Waals surface area contributed by atoms with Gasteiger partial charge in [-0.15, -0.1) is 0 Å². The third-order valence-electron chi connectivity index (χ3n) is 3.05. The zero-order valence-electron chi connectivity index (χ0n) is 11.2. The first-order chi connectivity index (χ1) is 8.32. The molecule has 0 saturated carbocycles. The van der Waals surface area contributed by atoms with E-state index in [4.69, 9.17) is 5.73 Å². The van der Waals surface area contributed by atoms with Crippen LogP contribution in [0.2, 0.25) is 0 Å². The van der Waals surface area contributed by atoms with Gasteiger partial charge in [-0.05, 0) is 46.0 Å². The lowest BCUT2D eigenvalue weighted by Crippen LogP contribution is -2.43. The van der Waals surface area contributed by atoms with Gasteiger partial charge in [-0.2, -0.15) is 0 Å². The molecule has 4 nitrogen and oxygen atoms in total. The van der Waals surface area contributed by atoms with E-state index in [0.717, 1.165) is 0 Å². The van der Waals surface area contributed by atoms with Crippen molar-refractivity contribution in [1.82, 2.24) is 4.90 Å². The highest BCUT2D eigenvalue weighted by Crippen LogP contribution is 2.18. The molecule has 0 bridgehead atoms. The van der Waals surface area contributed by atoms with E-state index in [2.05, 4.69) is 5.32 Å². The molecule has 0 saturated heterocycles. The summed E-state index contributed by atoms with van der Waals surface area (Å²) in [5.74, 6) is -0.743. The maximum Gasteiger partial charge on any atom is 0.241 e. The molecule has 3 N–H and O–H groups in total. The molecule has 1 rings (SSSR count). The molecule has 1 amide bonds. The van der Waals surface area contributed by atoms with E-state index in [0.29, 0.717) is 5.69 Å². The molecule has 0 heterocycles. The third-order valence-corrected chi connectivity index (χ3v) is 3.05. The number of rotatable bonds is 4. The fraction of sp³-hybridized carbons (Fsp3) is 0.462. The molecule has 0 fully saturated rings. The Morgan fingerprint density at radius 1 is 1.39 bits per heavy atom. The topological polar surface area (TPSA) is 58.4 Å². The van der Waals surface area contributed by atoms with E-state index < -0.39 is 5.82 Å². The SMILES string of the molecule is CC(C)N(C)C(C)C(=O)Nc1cc(N)ccc1F. The first-order valence-corrected chi connectivity index (χ1v) is 5.90. The first kappa shape index (κ1) is 14.4. The molecule has 0 aromatic heterocycles. The maximum absolute atomic E-state index is 13.5. The van der Waals surface area contributed by atoms with Gasteiger partial charge in [0.15, 0.2) is 0 Å². The van der Waals surface area contributed by atoms with Crippen molar-refractivity contribution < 1.29 is 9.18 Å². The second kappa shape index (κ2) is 5.82. The Labute approximate surface area is 107 Å². The van der Waals surface area contributed by atoms with Crippen LogP contribution in [0, 0.1) is 5.82 Å². The molecule has 0 aliphatic rings. The fourth-order valence-electron chi connectivity index (χ4n) is 1.51. The molecular formula is C13H20FN3O. The summed E-state index contributed by atoms with van der Waals surface area (Å²) in [6, 6.07) is 3.99. The number of amides is 1. The fourth-order valence-corrected chi connectivity index (χ4v) is 1.51. The Morgan fingerprint density at radius 2 is 2.00 bits per heavy atom. The van der Waals surface area contributed by atoms with Gasteiger partial charge < -0.3 is 11.1 Å². The zero-order chi connectivity index (χ0) is 13.9. The molecule has 0 spiro atoms. The highest BCUT2D eigenvalue weighted by Gasteiger charge is 2.20. The predicted molar refractivity (Wildman–Crippen MR) is 71.8 cm³/mol. The Balaban J connectivity index is 2.78. The standard InChI is InChI=1S/C13H20FN3O/c1-8(2)17(4)9(3)13(18)16-12-7-10(15)5-6-11(12)14/h5-9H,15H2,1-4H3,(H,16,18). The van der Waals surface area contributed by atoms with Crippen molar-refractivity contribution in [2.24, 2.45) is 0 Å². The number of hydrogen-bond donors (Lipinski definition) is 2. The quantitative estimate of drug-likeness (QED) is 0.808. The number of nitrogens with two attached hydrogens (primary N) is 1. The highest BCUT2D eigenvalue weighted by atomic mass is 19.1. The van der Waals surface area contributed by atoms with E-state index in [1.165, 1.54) is 18.2 Å². The van der Waals surface area contributed by atoms with Crippen LogP contribution in [0.3, 0.4) is 0 Å². The van der Waals surface area contributed by atoms with Crippen LogP contribution in [0.1, 0.15) is 20.8 Å². The summed E-state index contributed by atoms with van der Waals surface area (Å²) in [5.41, 5.74) is 6.09. The van der Waals surface area contributed by atoms with Crippen LogP contribution >= 0.6 is 0 Å². The van der Waals surface area contributed by atoms with Gasteiger partial charge in [0.05, 0.1) is 11.7 Å². The molecule has 1 aromatic carbocycles. The van der Waals surface area contributed by atoms with Crippen molar-refractivity contribution in [2.45, 2.75) is 32.9 Å². The van der Waals surface area contributed by atoms with Gasteiger partial charge in [0, 0.05) is 11.7 Å². The van der Waals surface area contributed by atoms with Crippen LogP contribution in [0.15, 0.2) is 18.2 Å². The van der Waals surface area contributed by atoms with E-state index >= 15 is 0 Å². The molecule has 0 aliphatic carbocycles. The minimum absolute atomic E-state index is 0.115. The van der Waals surface area contributed by atoms with Gasteiger partial charge in [-0.25, -0.2) is 4.39 Å². The molecule has 0 aliphatic heterocycles. The zero-order valence-corrected chi connectivity index (χ0v) is 11.2. The smallest absolute Gasteiger partial charge is 0.241 e. The summed E-state index contributed by atoms with van der Waals surface area (Å²) in [4.78, 5) is 13.9. The third kappa shape index (κ3) is 3.43. The number of anilines is 2. The van der Waals surface area contributed by atoms with Gasteiger partial charge in [0.2, 0.25) is 5.91 Å². The lowest BCUT2D eigenvalue weighted by atomic mass is 10.2. The van der Waals surface area contributed by atoms with Crippen LogP contribution in [-0.4, -0.2) is 29.9 Å². The van der Waals surface area contributed by atoms with E-state index in [1.54, 1.807) is 6.92 Å². The van der Waals surface area contributed by atoms with E-state index in [1.807, 2.05) is 25.8 Å². The lowest BCUT2D eigenvalue weighted by Gasteiger charge is -2.27. The summed E-state index contributed by atoms with van der Waals surface area (Å²) >= 11 is 0. The predicted octanol–water partition coefficient (Wildman–Crippen LogP) is 2.08. The largest absolute Gasteiger partial charge is 0.399 e. The van der Waals surface area contributed by atoms with Gasteiger partial charge in [0.25, 0.3) is 0 Å². The van der Waals surface area contributed by atoms with Crippen LogP contribution in [0.4, 0.5) is 15.8 Å². The van der Waals surface area contributed by atoms with Crippen molar-refractivity contribution in [3.63, 3.8) is 0 Å². The van der Waals surface area contributed by atoms with Gasteiger partial charge in [-0.3, -0.25) is 9.69 Å². The van der Waals surface area contributed by atoms with Gasteiger partial charge in [-0.1, -0.05) is 0 Å². The average Bonchev–Trinajstić information content (AvgIpc) is 2.31.